The zero-order chi connectivity index (χ0) is 17.3. The fraction of sp³-hybridized carbons (Fsp3) is 0.176. The molecule has 0 aliphatic carbocycles. The first-order valence-electron chi connectivity index (χ1n) is 7.38. The van der Waals surface area contributed by atoms with E-state index in [4.69, 9.17) is 17.0 Å². The predicted molar refractivity (Wildman–Crippen MR) is 93.6 cm³/mol. The molecule has 0 unspecified atom stereocenters. The van der Waals surface area contributed by atoms with Crippen LogP contribution in [0.15, 0.2) is 41.2 Å². The quantitative estimate of drug-likeness (QED) is 0.585. The molecule has 122 valence electrons. The summed E-state index contributed by atoms with van der Waals surface area (Å²) in [6.45, 7) is 2.40. The molecule has 24 heavy (non-hydrogen) atoms. The molecule has 0 bridgehead atoms. The van der Waals surface area contributed by atoms with Gasteiger partial charge >= 0.3 is 5.97 Å². The van der Waals surface area contributed by atoms with Gasteiger partial charge in [-0.25, -0.2) is 9.78 Å². The molecule has 3 aromatic rings. The van der Waals surface area contributed by atoms with E-state index in [1.165, 1.54) is 7.11 Å². The minimum atomic E-state index is -0.593. The Labute approximate surface area is 142 Å². The van der Waals surface area contributed by atoms with Gasteiger partial charge in [-0.2, -0.15) is 0 Å². The van der Waals surface area contributed by atoms with Gasteiger partial charge in [0.15, 0.2) is 4.77 Å². The third-order valence-electron chi connectivity index (χ3n) is 3.74. The summed E-state index contributed by atoms with van der Waals surface area (Å²) in [5.41, 5.74) is 1.49. The maximum Gasteiger partial charge on any atom is 0.338 e. The van der Waals surface area contributed by atoms with Crippen molar-refractivity contribution in [1.29, 1.82) is 0 Å². The fourth-order valence-corrected chi connectivity index (χ4v) is 2.90. The van der Waals surface area contributed by atoms with Gasteiger partial charge in [0.25, 0.3) is 5.56 Å². The van der Waals surface area contributed by atoms with Gasteiger partial charge in [-0.15, -0.1) is 0 Å². The van der Waals surface area contributed by atoms with Gasteiger partial charge in [0.2, 0.25) is 0 Å². The summed E-state index contributed by atoms with van der Waals surface area (Å²) in [6, 6.07) is 11.0. The molecule has 0 saturated heterocycles. The number of rotatable bonds is 3. The number of carbonyl (C=O) groups is 1. The Morgan fingerprint density at radius 2 is 2.04 bits per heavy atom. The van der Waals surface area contributed by atoms with Gasteiger partial charge in [0, 0.05) is 12.1 Å². The molecule has 0 aliphatic heterocycles. The number of fused-ring (bicyclic) bond motifs is 1. The number of methoxy groups -OCH3 is 1. The smallest absolute Gasteiger partial charge is 0.338 e. The summed E-state index contributed by atoms with van der Waals surface area (Å²) < 4.78 is 6.79. The van der Waals surface area contributed by atoms with Crippen LogP contribution in [0.25, 0.3) is 22.3 Å². The zero-order valence-electron chi connectivity index (χ0n) is 13.2. The maximum atomic E-state index is 12.4. The Bertz CT molecular complexity index is 1040. The fourth-order valence-electron chi connectivity index (χ4n) is 2.60. The first-order chi connectivity index (χ1) is 11.6. The highest BCUT2D eigenvalue weighted by atomic mass is 32.1. The molecule has 0 radical (unpaired) electrons. The number of H-pyrrole nitrogens is 1. The molecule has 2 heterocycles. The van der Waals surface area contributed by atoms with E-state index in [1.807, 2.05) is 37.3 Å². The summed E-state index contributed by atoms with van der Waals surface area (Å²) in [6.07, 6.45) is 0. The summed E-state index contributed by atoms with van der Waals surface area (Å²) in [4.78, 5) is 31.8. The summed E-state index contributed by atoms with van der Waals surface area (Å²) in [5.74, 6) is -0.593. The molecule has 0 atom stereocenters. The molecule has 3 rings (SSSR count). The third-order valence-corrected chi connectivity index (χ3v) is 4.06. The second-order valence-electron chi connectivity index (χ2n) is 5.11. The van der Waals surface area contributed by atoms with Crippen molar-refractivity contribution in [2.75, 3.05) is 7.11 Å². The molecular formula is C17H15N3O3S. The molecule has 2 aromatic heterocycles. The lowest BCUT2D eigenvalue weighted by Crippen LogP contribution is -2.19. The molecule has 0 saturated carbocycles. The van der Waals surface area contributed by atoms with E-state index < -0.39 is 11.5 Å². The average molecular weight is 341 g/mol. The Morgan fingerprint density at radius 1 is 1.33 bits per heavy atom. The highest BCUT2D eigenvalue weighted by Crippen LogP contribution is 2.23. The largest absolute Gasteiger partial charge is 0.465 e. The number of aryl methyl sites for hydroxylation is 1. The van der Waals surface area contributed by atoms with Crippen LogP contribution in [0.1, 0.15) is 17.3 Å². The van der Waals surface area contributed by atoms with Crippen LogP contribution in [0, 0.1) is 4.77 Å². The molecule has 0 amide bonds. The molecule has 1 N–H and O–H groups in total. The van der Waals surface area contributed by atoms with Crippen molar-refractivity contribution >= 4 is 29.2 Å². The van der Waals surface area contributed by atoms with Gasteiger partial charge in [0.05, 0.1) is 23.8 Å². The van der Waals surface area contributed by atoms with Gasteiger partial charge in [-0.05, 0) is 25.2 Å². The van der Waals surface area contributed by atoms with Crippen molar-refractivity contribution in [2.45, 2.75) is 13.5 Å². The van der Waals surface area contributed by atoms with Gasteiger partial charge in [-0.1, -0.05) is 30.3 Å². The van der Waals surface area contributed by atoms with Crippen molar-refractivity contribution in [3.05, 3.63) is 57.1 Å². The molecule has 0 fully saturated rings. The average Bonchev–Trinajstić information content (AvgIpc) is 2.61. The monoisotopic (exact) mass is 341 g/mol. The summed E-state index contributed by atoms with van der Waals surface area (Å²) in [5, 5.41) is 0.178. The molecule has 6 nitrogen and oxygen atoms in total. The van der Waals surface area contributed by atoms with E-state index in [9.17, 15) is 9.59 Å². The Morgan fingerprint density at radius 3 is 2.67 bits per heavy atom. The van der Waals surface area contributed by atoms with Crippen molar-refractivity contribution < 1.29 is 9.53 Å². The van der Waals surface area contributed by atoms with Crippen molar-refractivity contribution in [3.63, 3.8) is 0 Å². The maximum absolute atomic E-state index is 12.4. The van der Waals surface area contributed by atoms with Crippen LogP contribution in [-0.4, -0.2) is 27.6 Å². The topological polar surface area (TPSA) is 77.0 Å². The van der Waals surface area contributed by atoms with Gasteiger partial charge in [-0.3, -0.25) is 9.78 Å². The number of esters is 1. The van der Waals surface area contributed by atoms with Crippen molar-refractivity contribution in [1.82, 2.24) is 14.5 Å². The number of hydrogen-bond acceptors (Lipinski definition) is 5. The van der Waals surface area contributed by atoms with Crippen LogP contribution < -0.4 is 5.56 Å². The highest BCUT2D eigenvalue weighted by molar-refractivity contribution is 7.71. The van der Waals surface area contributed by atoms with Crippen LogP contribution in [0.2, 0.25) is 0 Å². The number of nitrogens with zero attached hydrogens (tertiary/aromatic N) is 2. The van der Waals surface area contributed by atoms with Crippen LogP contribution in [0.5, 0.6) is 0 Å². The number of ether oxygens (including phenoxy) is 1. The SMILES string of the molecule is CCn1c(=S)[nH]c(=O)c2c(C(=O)OC)cc(-c3ccccc3)nc21. The van der Waals surface area contributed by atoms with E-state index in [0.717, 1.165) is 5.56 Å². The summed E-state index contributed by atoms with van der Waals surface area (Å²) in [7, 11) is 1.28. The number of nitrogens with one attached hydrogen (secondary N) is 1. The Balaban J connectivity index is 2.49. The number of aromatic amines is 1. The molecule has 0 aliphatic rings. The molecule has 0 spiro atoms. The van der Waals surface area contributed by atoms with Crippen LogP contribution in [-0.2, 0) is 11.3 Å². The molecular weight excluding hydrogens is 326 g/mol. The second-order valence-corrected chi connectivity index (χ2v) is 5.50. The lowest BCUT2D eigenvalue weighted by molar-refractivity contribution is 0.0603. The number of pyridine rings is 1. The summed E-state index contributed by atoms with van der Waals surface area (Å²) >= 11 is 5.21. The molecule has 7 heteroatoms. The molecule has 1 aromatic carbocycles. The number of aromatic nitrogens is 3. The van der Waals surface area contributed by atoms with Crippen LogP contribution in [0.3, 0.4) is 0 Å². The number of carbonyl (C=O) groups excluding carboxylic acids is 1. The first kappa shape index (κ1) is 16.1. The van der Waals surface area contributed by atoms with Crippen LogP contribution in [0.4, 0.5) is 0 Å². The third kappa shape index (κ3) is 2.63. The zero-order valence-corrected chi connectivity index (χ0v) is 14.0. The highest BCUT2D eigenvalue weighted by Gasteiger charge is 2.19. The van der Waals surface area contributed by atoms with E-state index in [1.54, 1.807) is 10.6 Å². The standard InChI is InChI=1S/C17H15N3O3S/c1-3-20-14-13(15(21)19-17(20)24)11(16(22)23-2)9-12(18-14)10-7-5-4-6-8-10/h4-9H,3H2,1-2H3,(H,19,21,24). The van der Waals surface area contributed by atoms with E-state index >= 15 is 0 Å². The predicted octanol–water partition coefficient (Wildman–Crippen LogP) is 2.93. The van der Waals surface area contributed by atoms with Gasteiger partial charge in [0.1, 0.15) is 5.65 Å². The minimum Gasteiger partial charge on any atom is -0.465 e. The lowest BCUT2D eigenvalue weighted by atomic mass is 10.1. The minimum absolute atomic E-state index is 0.166. The first-order valence-corrected chi connectivity index (χ1v) is 7.79. The van der Waals surface area contributed by atoms with Gasteiger partial charge < -0.3 is 9.30 Å². The Hall–Kier alpha value is -2.80. The number of hydrogen-bond donors (Lipinski definition) is 1. The van der Waals surface area contributed by atoms with Crippen molar-refractivity contribution in [2.24, 2.45) is 0 Å². The van der Waals surface area contributed by atoms with E-state index in [0.29, 0.717) is 17.9 Å². The normalized spacial score (nSPS) is 10.8. The second kappa shape index (κ2) is 6.37. The van der Waals surface area contributed by atoms with Crippen LogP contribution >= 0.6 is 12.2 Å². The lowest BCUT2D eigenvalue weighted by Gasteiger charge is -2.12. The van der Waals surface area contributed by atoms with E-state index in [-0.39, 0.29) is 15.7 Å². The van der Waals surface area contributed by atoms with E-state index in [2.05, 4.69) is 9.97 Å². The Kier molecular flexibility index (Phi) is 4.26. The van der Waals surface area contributed by atoms with Crippen molar-refractivity contribution in [3.8, 4) is 11.3 Å². The number of benzene rings is 1.